The maximum absolute atomic E-state index is 5.89. The Bertz CT molecular complexity index is 777. The van der Waals surface area contributed by atoms with E-state index in [1.165, 1.54) is 0 Å². The molecule has 2 N–H and O–H groups in total. The van der Waals surface area contributed by atoms with Crippen LogP contribution in [-0.4, -0.2) is 30.1 Å². The molecule has 1 unspecified atom stereocenters. The Labute approximate surface area is 146 Å². The summed E-state index contributed by atoms with van der Waals surface area (Å²) in [6.45, 7) is 0. The lowest BCUT2D eigenvalue weighted by atomic mass is 9.98. The molecule has 0 fully saturated rings. The second-order valence-corrected chi connectivity index (χ2v) is 5.85. The highest BCUT2D eigenvalue weighted by Crippen LogP contribution is 2.37. The molecule has 0 bridgehead atoms. The predicted molar refractivity (Wildman–Crippen MR) is 98.5 cm³/mol. The van der Waals surface area contributed by atoms with Crippen LogP contribution in [0.25, 0.3) is 0 Å². The monoisotopic (exact) mass is 341 g/mol. The summed E-state index contributed by atoms with van der Waals surface area (Å²) in [4.78, 5) is 0. The van der Waals surface area contributed by atoms with Gasteiger partial charge in [-0.15, -0.1) is 0 Å². The zero-order chi connectivity index (χ0) is 17.1. The highest BCUT2D eigenvalue weighted by molar-refractivity contribution is 7.80. The van der Waals surface area contributed by atoms with Crippen molar-refractivity contribution in [1.82, 2.24) is 5.01 Å². The number of thiocarbonyl (C=S) groups is 1. The number of nitrogens with two attached hydrogens (primary N) is 1. The third-order valence-electron chi connectivity index (χ3n) is 4.04. The van der Waals surface area contributed by atoms with E-state index in [9.17, 15) is 0 Å². The first-order chi connectivity index (χ1) is 11.6. The number of benzene rings is 2. The number of methoxy groups -OCH3 is 2. The topological polar surface area (TPSA) is 60.1 Å². The Morgan fingerprint density at radius 1 is 1.12 bits per heavy atom. The quantitative estimate of drug-likeness (QED) is 0.866. The van der Waals surface area contributed by atoms with Crippen LogP contribution in [0.1, 0.15) is 23.6 Å². The van der Waals surface area contributed by atoms with Crippen LogP contribution in [0.15, 0.2) is 53.6 Å². The predicted octanol–water partition coefficient (Wildman–Crippen LogP) is 3.10. The van der Waals surface area contributed by atoms with Crippen LogP contribution in [0.4, 0.5) is 0 Å². The summed E-state index contributed by atoms with van der Waals surface area (Å²) in [7, 11) is 3.23. The zero-order valence-electron chi connectivity index (χ0n) is 13.6. The number of rotatable bonds is 4. The average molecular weight is 341 g/mol. The molecule has 1 heterocycles. The van der Waals surface area contributed by atoms with Crippen molar-refractivity contribution in [2.75, 3.05) is 14.2 Å². The van der Waals surface area contributed by atoms with Crippen molar-refractivity contribution in [1.29, 1.82) is 0 Å². The number of nitrogens with zero attached hydrogens (tertiary/aromatic N) is 2. The minimum absolute atomic E-state index is 0.0579. The minimum Gasteiger partial charge on any atom is -0.493 e. The molecule has 1 aliphatic heterocycles. The molecule has 0 saturated heterocycles. The van der Waals surface area contributed by atoms with Gasteiger partial charge in [0.1, 0.15) is 0 Å². The highest BCUT2D eigenvalue weighted by atomic mass is 32.1. The zero-order valence-corrected chi connectivity index (χ0v) is 14.4. The Morgan fingerprint density at radius 2 is 1.83 bits per heavy atom. The van der Waals surface area contributed by atoms with Gasteiger partial charge in [-0.2, -0.15) is 5.10 Å². The number of hydrogen-bond acceptors (Lipinski definition) is 4. The molecule has 0 radical (unpaired) electrons. The fraction of sp³-hybridized carbons (Fsp3) is 0.222. The maximum Gasteiger partial charge on any atom is 0.187 e. The SMILES string of the molecule is COc1ccc(C2CC(c3ccccc3)=NN2C(N)=S)cc1OC. The Balaban J connectivity index is 1.95. The van der Waals surface area contributed by atoms with E-state index in [1.807, 2.05) is 48.5 Å². The summed E-state index contributed by atoms with van der Waals surface area (Å²) < 4.78 is 10.7. The molecule has 1 atom stereocenters. The molecule has 5 nitrogen and oxygen atoms in total. The molecule has 0 amide bonds. The van der Waals surface area contributed by atoms with Crippen molar-refractivity contribution in [3.05, 3.63) is 59.7 Å². The average Bonchev–Trinajstić information content (AvgIpc) is 3.07. The second-order valence-electron chi connectivity index (χ2n) is 5.43. The third-order valence-corrected chi connectivity index (χ3v) is 4.22. The molecule has 1 aliphatic rings. The van der Waals surface area contributed by atoms with Crippen LogP contribution >= 0.6 is 12.2 Å². The van der Waals surface area contributed by atoms with E-state index in [2.05, 4.69) is 5.10 Å². The van der Waals surface area contributed by atoms with Gasteiger partial charge < -0.3 is 15.2 Å². The fourth-order valence-corrected chi connectivity index (χ4v) is 3.01. The number of hydrogen-bond donors (Lipinski definition) is 1. The molecule has 0 aromatic heterocycles. The van der Waals surface area contributed by atoms with Gasteiger partial charge >= 0.3 is 0 Å². The summed E-state index contributed by atoms with van der Waals surface area (Å²) in [5.41, 5.74) is 8.94. The normalized spacial score (nSPS) is 16.7. The molecule has 0 saturated carbocycles. The van der Waals surface area contributed by atoms with E-state index in [-0.39, 0.29) is 11.2 Å². The smallest absolute Gasteiger partial charge is 0.187 e. The Hall–Kier alpha value is -2.60. The van der Waals surface area contributed by atoms with Gasteiger partial charge in [-0.3, -0.25) is 0 Å². The van der Waals surface area contributed by atoms with Crippen molar-refractivity contribution >= 4 is 23.0 Å². The highest BCUT2D eigenvalue weighted by Gasteiger charge is 2.31. The Morgan fingerprint density at radius 3 is 2.46 bits per heavy atom. The van der Waals surface area contributed by atoms with Gasteiger partial charge in [-0.05, 0) is 35.5 Å². The molecule has 24 heavy (non-hydrogen) atoms. The first-order valence-corrected chi connectivity index (χ1v) is 7.98. The van der Waals surface area contributed by atoms with Crippen molar-refractivity contribution in [3.8, 4) is 11.5 Å². The lowest BCUT2D eigenvalue weighted by molar-refractivity contribution is 0.347. The summed E-state index contributed by atoms with van der Waals surface area (Å²) >= 11 is 5.19. The van der Waals surface area contributed by atoms with E-state index in [0.29, 0.717) is 11.5 Å². The van der Waals surface area contributed by atoms with Gasteiger partial charge in [0.15, 0.2) is 16.6 Å². The van der Waals surface area contributed by atoms with Gasteiger partial charge in [0.2, 0.25) is 0 Å². The second kappa shape index (κ2) is 6.88. The minimum atomic E-state index is -0.0579. The molecule has 124 valence electrons. The van der Waals surface area contributed by atoms with Crippen molar-refractivity contribution in [3.63, 3.8) is 0 Å². The largest absolute Gasteiger partial charge is 0.493 e. The first-order valence-electron chi connectivity index (χ1n) is 7.57. The van der Waals surface area contributed by atoms with Gasteiger partial charge in [0, 0.05) is 6.42 Å². The fourth-order valence-electron chi connectivity index (χ4n) is 2.84. The van der Waals surface area contributed by atoms with E-state index in [4.69, 9.17) is 27.4 Å². The van der Waals surface area contributed by atoms with Crippen LogP contribution in [0.5, 0.6) is 11.5 Å². The summed E-state index contributed by atoms with van der Waals surface area (Å²) in [5, 5.41) is 6.57. The summed E-state index contributed by atoms with van der Waals surface area (Å²) in [5.74, 6) is 1.36. The van der Waals surface area contributed by atoms with Gasteiger partial charge in [-0.1, -0.05) is 36.4 Å². The molecule has 2 aromatic rings. The molecular weight excluding hydrogens is 322 g/mol. The van der Waals surface area contributed by atoms with Crippen LogP contribution < -0.4 is 15.2 Å². The van der Waals surface area contributed by atoms with Gasteiger partial charge in [0.05, 0.1) is 26.0 Å². The van der Waals surface area contributed by atoms with E-state index >= 15 is 0 Å². The molecule has 2 aromatic carbocycles. The van der Waals surface area contributed by atoms with Gasteiger partial charge in [0.25, 0.3) is 0 Å². The van der Waals surface area contributed by atoms with Crippen LogP contribution in [0.2, 0.25) is 0 Å². The van der Waals surface area contributed by atoms with Crippen molar-refractivity contribution in [2.24, 2.45) is 10.8 Å². The maximum atomic E-state index is 5.89. The summed E-state index contributed by atoms with van der Waals surface area (Å²) in [6.07, 6.45) is 0.719. The van der Waals surface area contributed by atoms with Crippen LogP contribution in [-0.2, 0) is 0 Å². The van der Waals surface area contributed by atoms with E-state index in [0.717, 1.165) is 23.3 Å². The molecule has 6 heteroatoms. The van der Waals surface area contributed by atoms with Crippen LogP contribution in [0.3, 0.4) is 0 Å². The summed E-state index contributed by atoms with van der Waals surface area (Å²) in [6, 6.07) is 15.8. The lowest BCUT2D eigenvalue weighted by Gasteiger charge is -2.22. The standard InChI is InChI=1S/C18H19N3O2S/c1-22-16-9-8-13(10-17(16)23-2)15-11-14(20-21(15)18(19)24)12-6-4-3-5-7-12/h3-10,15H,11H2,1-2H3,(H2,19,24). The van der Waals surface area contributed by atoms with Crippen molar-refractivity contribution in [2.45, 2.75) is 12.5 Å². The number of hydrazone groups is 1. The lowest BCUT2D eigenvalue weighted by Crippen LogP contribution is -2.31. The Kier molecular flexibility index (Phi) is 4.66. The van der Waals surface area contributed by atoms with Crippen molar-refractivity contribution < 1.29 is 9.47 Å². The number of ether oxygens (including phenoxy) is 2. The van der Waals surface area contributed by atoms with E-state index < -0.39 is 0 Å². The molecular formula is C18H19N3O2S. The molecule has 0 aliphatic carbocycles. The first kappa shape index (κ1) is 16.3. The molecule has 3 rings (SSSR count). The molecule has 0 spiro atoms. The van der Waals surface area contributed by atoms with Crippen LogP contribution in [0, 0.1) is 0 Å². The van der Waals surface area contributed by atoms with E-state index in [1.54, 1.807) is 19.2 Å². The van der Waals surface area contributed by atoms with Gasteiger partial charge in [-0.25, -0.2) is 5.01 Å². The third kappa shape index (κ3) is 3.05.